The minimum Gasteiger partial charge on any atom is -0.501 e. The van der Waals surface area contributed by atoms with Crippen LogP contribution in [0.4, 0.5) is 0 Å². The molecule has 0 bridgehead atoms. The summed E-state index contributed by atoms with van der Waals surface area (Å²) in [4.78, 5) is 21.4. The van der Waals surface area contributed by atoms with Crippen LogP contribution >= 0.6 is 11.3 Å². The highest BCUT2D eigenvalue weighted by Gasteiger charge is 2.56. The van der Waals surface area contributed by atoms with E-state index in [9.17, 15) is 4.79 Å². The fourth-order valence-electron chi connectivity index (χ4n) is 4.22. The van der Waals surface area contributed by atoms with Crippen molar-refractivity contribution in [3.63, 3.8) is 0 Å². The van der Waals surface area contributed by atoms with Crippen molar-refractivity contribution in [2.24, 2.45) is 5.41 Å². The molecule has 0 N–H and O–H groups in total. The first kappa shape index (κ1) is 16.1. The normalized spacial score (nSPS) is 25.5. The highest BCUT2D eigenvalue weighted by molar-refractivity contribution is 7.09. The van der Waals surface area contributed by atoms with E-state index < -0.39 is 0 Å². The number of nitrogens with zero attached hydrogens (tertiary/aromatic N) is 3. The first-order valence-corrected chi connectivity index (χ1v) is 9.74. The van der Waals surface area contributed by atoms with Gasteiger partial charge in [-0.3, -0.25) is 9.69 Å². The number of carbonyl (C=O) groups excluding carboxylic acids is 1. The predicted octanol–water partition coefficient (Wildman–Crippen LogP) is 2.65. The molecule has 0 radical (unpaired) electrons. The Labute approximate surface area is 147 Å². The van der Waals surface area contributed by atoms with Crippen LogP contribution in [0.25, 0.3) is 0 Å². The molecule has 6 heteroatoms. The first-order chi connectivity index (χ1) is 11.7. The number of rotatable bonds is 4. The Morgan fingerprint density at radius 1 is 1.50 bits per heavy atom. The van der Waals surface area contributed by atoms with Crippen LogP contribution in [0.1, 0.15) is 37.1 Å². The smallest absolute Gasteiger partial charge is 0.252 e. The summed E-state index contributed by atoms with van der Waals surface area (Å²) in [6.45, 7) is 3.46. The Morgan fingerprint density at radius 3 is 3.00 bits per heavy atom. The lowest BCUT2D eigenvalue weighted by Crippen LogP contribution is -2.42. The molecule has 2 fully saturated rings. The van der Waals surface area contributed by atoms with Crippen molar-refractivity contribution in [2.75, 3.05) is 26.7 Å². The average molecular weight is 347 g/mol. The van der Waals surface area contributed by atoms with E-state index in [0.29, 0.717) is 11.5 Å². The number of hydrogen-bond donors (Lipinski definition) is 0. The molecule has 1 aromatic rings. The third kappa shape index (κ3) is 3.09. The van der Waals surface area contributed by atoms with E-state index in [1.54, 1.807) is 17.6 Å². The average Bonchev–Trinajstić information content (AvgIpc) is 3.07. The second-order valence-corrected chi connectivity index (χ2v) is 8.31. The van der Waals surface area contributed by atoms with Crippen LogP contribution in [-0.2, 0) is 16.1 Å². The van der Waals surface area contributed by atoms with Crippen LogP contribution in [0.3, 0.4) is 0 Å². The van der Waals surface area contributed by atoms with E-state index in [0.717, 1.165) is 57.5 Å². The monoisotopic (exact) mass is 347 g/mol. The van der Waals surface area contributed by atoms with Crippen LogP contribution < -0.4 is 0 Å². The van der Waals surface area contributed by atoms with E-state index in [1.807, 2.05) is 16.5 Å². The fraction of sp³-hybridized carbons (Fsp3) is 0.667. The van der Waals surface area contributed by atoms with Crippen molar-refractivity contribution >= 4 is 17.2 Å². The number of hydrogen-bond acceptors (Lipinski definition) is 5. The van der Waals surface area contributed by atoms with Crippen molar-refractivity contribution in [2.45, 2.75) is 44.7 Å². The summed E-state index contributed by atoms with van der Waals surface area (Å²) in [5.41, 5.74) is 1.28. The molecular weight excluding hydrogens is 322 g/mol. The second-order valence-electron chi connectivity index (χ2n) is 7.33. The summed E-state index contributed by atoms with van der Waals surface area (Å²) in [6.07, 6.45) is 8.89. The SMILES string of the molecule is CN(Cc1nccs1)C1CC12CCN(C(=O)C1=COCCC1)CC2. The number of likely N-dealkylation sites (tertiary alicyclic amines) is 1. The molecule has 3 aliphatic rings. The molecule has 1 unspecified atom stereocenters. The van der Waals surface area contributed by atoms with Gasteiger partial charge in [0.2, 0.25) is 0 Å². The van der Waals surface area contributed by atoms with E-state index >= 15 is 0 Å². The van der Waals surface area contributed by atoms with Gasteiger partial charge in [-0.1, -0.05) is 0 Å². The fourth-order valence-corrected chi connectivity index (χ4v) is 4.90. The molecular formula is C18H25N3O2S. The lowest BCUT2D eigenvalue weighted by molar-refractivity contribution is -0.129. The number of ether oxygens (including phenoxy) is 1. The predicted molar refractivity (Wildman–Crippen MR) is 93.5 cm³/mol. The molecule has 1 amide bonds. The first-order valence-electron chi connectivity index (χ1n) is 8.86. The number of thiazole rings is 1. The van der Waals surface area contributed by atoms with Crippen molar-refractivity contribution in [1.29, 1.82) is 0 Å². The minimum atomic E-state index is 0.192. The number of amides is 1. The molecule has 0 aromatic carbocycles. The molecule has 4 rings (SSSR count). The highest BCUT2D eigenvalue weighted by atomic mass is 32.1. The summed E-state index contributed by atoms with van der Waals surface area (Å²) in [6, 6.07) is 0.649. The Hall–Kier alpha value is -1.40. The lowest BCUT2D eigenvalue weighted by Gasteiger charge is -2.34. The molecule has 1 aliphatic carbocycles. The third-order valence-electron chi connectivity index (χ3n) is 5.80. The van der Waals surface area contributed by atoms with Crippen LogP contribution in [0, 0.1) is 5.41 Å². The van der Waals surface area contributed by atoms with Crippen molar-refractivity contribution in [1.82, 2.24) is 14.8 Å². The molecule has 1 aromatic heterocycles. The van der Waals surface area contributed by atoms with Crippen LogP contribution in [0.15, 0.2) is 23.4 Å². The quantitative estimate of drug-likeness (QED) is 0.840. The molecule has 1 spiro atoms. The van der Waals surface area contributed by atoms with Crippen LogP contribution in [0.5, 0.6) is 0 Å². The van der Waals surface area contributed by atoms with Crippen molar-refractivity contribution in [3.05, 3.63) is 28.4 Å². The molecule has 1 saturated carbocycles. The maximum Gasteiger partial charge on any atom is 0.252 e. The van der Waals surface area contributed by atoms with Gasteiger partial charge in [-0.05, 0) is 44.6 Å². The van der Waals surface area contributed by atoms with Crippen LogP contribution in [0.2, 0.25) is 0 Å². The van der Waals surface area contributed by atoms with Gasteiger partial charge < -0.3 is 9.64 Å². The van der Waals surface area contributed by atoms with Gasteiger partial charge >= 0.3 is 0 Å². The Morgan fingerprint density at radius 2 is 2.33 bits per heavy atom. The summed E-state index contributed by atoms with van der Waals surface area (Å²) in [5, 5.41) is 3.23. The van der Waals surface area contributed by atoms with E-state index in [4.69, 9.17) is 4.74 Å². The van der Waals surface area contributed by atoms with Gasteiger partial charge in [-0.15, -0.1) is 11.3 Å². The second kappa shape index (κ2) is 6.48. The summed E-state index contributed by atoms with van der Waals surface area (Å²) in [5.74, 6) is 0.192. The van der Waals surface area contributed by atoms with Gasteiger partial charge in [-0.2, -0.15) is 0 Å². The van der Waals surface area contributed by atoms with Crippen molar-refractivity contribution < 1.29 is 9.53 Å². The number of aromatic nitrogens is 1. The van der Waals surface area contributed by atoms with Crippen LogP contribution in [-0.4, -0.2) is 53.5 Å². The zero-order valence-electron chi connectivity index (χ0n) is 14.2. The minimum absolute atomic E-state index is 0.192. The maximum absolute atomic E-state index is 12.6. The topological polar surface area (TPSA) is 45.7 Å². The molecule has 24 heavy (non-hydrogen) atoms. The largest absolute Gasteiger partial charge is 0.501 e. The van der Waals surface area contributed by atoms with Gasteiger partial charge in [0.05, 0.1) is 25.0 Å². The van der Waals surface area contributed by atoms with E-state index in [2.05, 4.69) is 16.9 Å². The summed E-state index contributed by atoms with van der Waals surface area (Å²) < 4.78 is 5.32. The molecule has 3 heterocycles. The summed E-state index contributed by atoms with van der Waals surface area (Å²) >= 11 is 1.73. The van der Waals surface area contributed by atoms with Crippen molar-refractivity contribution in [3.8, 4) is 0 Å². The molecule has 1 saturated heterocycles. The standard InChI is InChI=1S/C18H25N3O2S/c1-20(12-16-19-6-10-24-16)15-11-18(15)4-7-21(8-5-18)17(22)14-3-2-9-23-13-14/h6,10,13,15H,2-5,7-9,11-12H2,1H3. The van der Waals surface area contributed by atoms with Gasteiger partial charge in [0.25, 0.3) is 5.91 Å². The molecule has 2 aliphatic heterocycles. The maximum atomic E-state index is 12.6. The number of carbonyl (C=O) groups is 1. The summed E-state index contributed by atoms with van der Waals surface area (Å²) in [7, 11) is 2.21. The molecule has 1 atom stereocenters. The third-order valence-corrected chi connectivity index (χ3v) is 6.57. The zero-order valence-corrected chi connectivity index (χ0v) is 15.1. The van der Waals surface area contributed by atoms with E-state index in [-0.39, 0.29) is 5.91 Å². The lowest BCUT2D eigenvalue weighted by atomic mass is 9.91. The molecule has 130 valence electrons. The van der Waals surface area contributed by atoms with Gasteiger partial charge in [0.15, 0.2) is 0 Å². The van der Waals surface area contributed by atoms with Gasteiger partial charge in [-0.25, -0.2) is 4.98 Å². The number of piperidine rings is 1. The van der Waals surface area contributed by atoms with Gasteiger partial charge in [0, 0.05) is 30.7 Å². The molecule has 5 nitrogen and oxygen atoms in total. The van der Waals surface area contributed by atoms with Gasteiger partial charge in [0.1, 0.15) is 5.01 Å². The highest BCUT2D eigenvalue weighted by Crippen LogP contribution is 2.56. The Kier molecular flexibility index (Phi) is 4.35. The Balaban J connectivity index is 1.30. The zero-order chi connectivity index (χ0) is 16.6. The Bertz CT molecular complexity index is 620. The van der Waals surface area contributed by atoms with E-state index in [1.165, 1.54) is 11.4 Å².